The molecule has 1 N–H and O–H groups in total. The SMILES string of the molecule is Cn1cc(-c2cc3cc(NC(=O)C4CCN(CC(C)(F)F)CC4)ncc3cn2)cn1. The Morgan fingerprint density at radius 2 is 1.90 bits per heavy atom. The van der Waals surface area contributed by atoms with Gasteiger partial charge in [-0.1, -0.05) is 0 Å². The molecule has 0 aromatic carbocycles. The summed E-state index contributed by atoms with van der Waals surface area (Å²) in [6.45, 7) is 1.65. The van der Waals surface area contributed by atoms with Crippen molar-refractivity contribution in [2.45, 2.75) is 25.7 Å². The summed E-state index contributed by atoms with van der Waals surface area (Å²) in [6, 6.07) is 3.76. The molecule has 0 unspecified atom stereocenters. The van der Waals surface area contributed by atoms with Crippen LogP contribution in [0.4, 0.5) is 14.6 Å². The molecule has 0 radical (unpaired) electrons. The maximum atomic E-state index is 13.2. The smallest absolute Gasteiger partial charge is 0.257 e. The summed E-state index contributed by atoms with van der Waals surface area (Å²) < 4.78 is 28.1. The van der Waals surface area contributed by atoms with E-state index in [1.54, 1.807) is 28.2 Å². The van der Waals surface area contributed by atoms with Gasteiger partial charge in [0.2, 0.25) is 5.91 Å². The van der Waals surface area contributed by atoms with Crippen LogP contribution in [-0.4, -0.2) is 56.1 Å². The molecule has 3 aromatic rings. The first-order chi connectivity index (χ1) is 14.3. The molecule has 158 valence electrons. The van der Waals surface area contributed by atoms with E-state index >= 15 is 0 Å². The number of likely N-dealkylation sites (tertiary alicyclic amines) is 1. The van der Waals surface area contributed by atoms with Gasteiger partial charge in [0.25, 0.3) is 5.92 Å². The molecular formula is C21H24F2N6O. The van der Waals surface area contributed by atoms with Gasteiger partial charge in [-0.3, -0.25) is 19.4 Å². The minimum absolute atomic E-state index is 0.119. The van der Waals surface area contributed by atoms with E-state index in [1.807, 2.05) is 25.4 Å². The van der Waals surface area contributed by atoms with Gasteiger partial charge in [0, 0.05) is 49.4 Å². The Morgan fingerprint density at radius 1 is 1.17 bits per heavy atom. The van der Waals surface area contributed by atoms with Crippen molar-refractivity contribution in [3.05, 3.63) is 36.9 Å². The van der Waals surface area contributed by atoms with Gasteiger partial charge in [-0.25, -0.2) is 13.8 Å². The van der Waals surface area contributed by atoms with Crippen LogP contribution < -0.4 is 5.32 Å². The van der Waals surface area contributed by atoms with Crippen LogP contribution in [0.15, 0.2) is 36.9 Å². The molecule has 1 amide bonds. The zero-order chi connectivity index (χ0) is 21.3. The van der Waals surface area contributed by atoms with Crippen molar-refractivity contribution < 1.29 is 13.6 Å². The van der Waals surface area contributed by atoms with Crippen LogP contribution in [-0.2, 0) is 11.8 Å². The molecule has 0 saturated carbocycles. The zero-order valence-corrected chi connectivity index (χ0v) is 17.0. The van der Waals surface area contributed by atoms with E-state index in [2.05, 4.69) is 20.4 Å². The Bertz CT molecular complexity index is 1050. The number of aromatic nitrogens is 4. The average Bonchev–Trinajstić information content (AvgIpc) is 3.13. The molecule has 4 heterocycles. The maximum Gasteiger partial charge on any atom is 0.257 e. The van der Waals surface area contributed by atoms with Crippen LogP contribution in [0.25, 0.3) is 22.0 Å². The van der Waals surface area contributed by atoms with Crippen molar-refractivity contribution in [2.75, 3.05) is 25.0 Å². The quantitative estimate of drug-likeness (QED) is 0.693. The lowest BCUT2D eigenvalue weighted by atomic mass is 9.95. The summed E-state index contributed by atoms with van der Waals surface area (Å²) in [6.07, 6.45) is 8.18. The molecule has 9 heteroatoms. The number of piperidine rings is 1. The maximum absolute atomic E-state index is 13.2. The van der Waals surface area contributed by atoms with Crippen LogP contribution >= 0.6 is 0 Å². The Morgan fingerprint density at radius 3 is 2.57 bits per heavy atom. The van der Waals surface area contributed by atoms with E-state index in [0.29, 0.717) is 31.7 Å². The molecule has 1 saturated heterocycles. The molecule has 0 atom stereocenters. The van der Waals surface area contributed by atoms with Crippen LogP contribution in [0, 0.1) is 5.92 Å². The number of rotatable bonds is 5. The summed E-state index contributed by atoms with van der Waals surface area (Å²) in [7, 11) is 1.85. The number of carbonyl (C=O) groups is 1. The summed E-state index contributed by atoms with van der Waals surface area (Å²) in [4.78, 5) is 23.1. The molecule has 4 rings (SSSR count). The second-order valence-corrected chi connectivity index (χ2v) is 8.00. The second kappa shape index (κ2) is 8.06. The number of hydrogen-bond donors (Lipinski definition) is 1. The fraction of sp³-hybridized carbons (Fsp3) is 0.429. The third-order valence-corrected chi connectivity index (χ3v) is 5.31. The van der Waals surface area contributed by atoms with Crippen molar-refractivity contribution in [3.8, 4) is 11.3 Å². The van der Waals surface area contributed by atoms with Crippen molar-refractivity contribution in [2.24, 2.45) is 13.0 Å². The number of alkyl halides is 2. The van der Waals surface area contributed by atoms with E-state index in [-0.39, 0.29) is 18.4 Å². The topological polar surface area (TPSA) is 75.9 Å². The number of amides is 1. The lowest BCUT2D eigenvalue weighted by Gasteiger charge is -2.32. The van der Waals surface area contributed by atoms with Crippen LogP contribution in [0.5, 0.6) is 0 Å². The predicted molar refractivity (Wildman–Crippen MR) is 110 cm³/mol. The van der Waals surface area contributed by atoms with Gasteiger partial charge in [-0.15, -0.1) is 0 Å². The molecule has 1 fully saturated rings. The third-order valence-electron chi connectivity index (χ3n) is 5.31. The number of nitrogens with zero attached hydrogens (tertiary/aromatic N) is 5. The highest BCUT2D eigenvalue weighted by molar-refractivity contribution is 5.94. The van der Waals surface area contributed by atoms with Crippen molar-refractivity contribution in [1.82, 2.24) is 24.6 Å². The lowest BCUT2D eigenvalue weighted by molar-refractivity contribution is -0.121. The number of carbonyl (C=O) groups excluding carboxylic acids is 1. The zero-order valence-electron chi connectivity index (χ0n) is 17.0. The highest BCUT2D eigenvalue weighted by Gasteiger charge is 2.30. The molecule has 3 aromatic heterocycles. The first-order valence-corrected chi connectivity index (χ1v) is 9.93. The van der Waals surface area contributed by atoms with Gasteiger partial charge in [0.1, 0.15) is 5.82 Å². The molecular weight excluding hydrogens is 390 g/mol. The van der Waals surface area contributed by atoms with Gasteiger partial charge in [-0.2, -0.15) is 5.10 Å². The van der Waals surface area contributed by atoms with Gasteiger partial charge in [0.15, 0.2) is 0 Å². The minimum Gasteiger partial charge on any atom is -0.310 e. The highest BCUT2D eigenvalue weighted by atomic mass is 19.3. The molecule has 0 spiro atoms. The number of anilines is 1. The summed E-state index contributed by atoms with van der Waals surface area (Å²) >= 11 is 0. The Labute approximate surface area is 173 Å². The Balaban J connectivity index is 1.43. The van der Waals surface area contributed by atoms with Gasteiger partial charge in [0.05, 0.1) is 18.4 Å². The lowest BCUT2D eigenvalue weighted by Crippen LogP contribution is -2.42. The molecule has 1 aliphatic rings. The molecule has 1 aliphatic heterocycles. The second-order valence-electron chi connectivity index (χ2n) is 8.00. The van der Waals surface area contributed by atoms with Crippen molar-refractivity contribution >= 4 is 22.5 Å². The standard InChI is InChI=1S/C21H24F2N6O/c1-21(22,23)13-29-5-3-14(4-6-29)20(30)27-19-8-15-7-18(17-11-26-28(2)12-17)24-9-16(15)10-25-19/h7-12,14H,3-6,13H2,1-2H3,(H,25,27,30). The minimum atomic E-state index is -2.71. The number of nitrogens with one attached hydrogen (secondary N) is 1. The normalized spacial score (nSPS) is 16.1. The molecule has 7 nitrogen and oxygen atoms in total. The van der Waals surface area contributed by atoms with Crippen molar-refractivity contribution in [1.29, 1.82) is 0 Å². The van der Waals surface area contributed by atoms with Gasteiger partial charge in [-0.05, 0) is 43.5 Å². The number of fused-ring (bicyclic) bond motifs is 1. The molecule has 0 bridgehead atoms. The Hall–Kier alpha value is -2.94. The van der Waals surface area contributed by atoms with Crippen LogP contribution in [0.2, 0.25) is 0 Å². The third kappa shape index (κ3) is 4.79. The first kappa shape index (κ1) is 20.3. The Kier molecular flexibility index (Phi) is 5.46. The monoisotopic (exact) mass is 414 g/mol. The van der Waals surface area contributed by atoms with Gasteiger partial charge >= 0.3 is 0 Å². The number of pyridine rings is 2. The molecule has 30 heavy (non-hydrogen) atoms. The van der Waals surface area contributed by atoms with Crippen molar-refractivity contribution in [3.63, 3.8) is 0 Å². The fourth-order valence-corrected chi connectivity index (χ4v) is 3.79. The summed E-state index contributed by atoms with van der Waals surface area (Å²) in [5.74, 6) is -2.56. The molecule has 0 aliphatic carbocycles. The van der Waals surface area contributed by atoms with E-state index in [4.69, 9.17) is 0 Å². The van der Waals surface area contributed by atoms with Gasteiger partial charge < -0.3 is 5.32 Å². The summed E-state index contributed by atoms with van der Waals surface area (Å²) in [5, 5.41) is 8.83. The van der Waals surface area contributed by atoms with E-state index in [9.17, 15) is 13.6 Å². The first-order valence-electron chi connectivity index (χ1n) is 9.93. The largest absolute Gasteiger partial charge is 0.310 e. The number of hydrogen-bond acceptors (Lipinski definition) is 5. The van der Waals surface area contributed by atoms with E-state index < -0.39 is 5.92 Å². The van der Waals surface area contributed by atoms with E-state index in [0.717, 1.165) is 29.0 Å². The average molecular weight is 414 g/mol. The predicted octanol–water partition coefficient (Wildman–Crippen LogP) is 3.34. The highest BCUT2D eigenvalue weighted by Crippen LogP contribution is 2.25. The van der Waals surface area contributed by atoms with Crippen LogP contribution in [0.3, 0.4) is 0 Å². The van der Waals surface area contributed by atoms with Crippen LogP contribution in [0.1, 0.15) is 19.8 Å². The number of aryl methyl sites for hydroxylation is 1. The fourth-order valence-electron chi connectivity index (χ4n) is 3.79. The van der Waals surface area contributed by atoms with E-state index in [1.165, 1.54) is 0 Å². The summed E-state index contributed by atoms with van der Waals surface area (Å²) in [5.41, 5.74) is 1.70. The number of halogens is 2.